The summed E-state index contributed by atoms with van der Waals surface area (Å²) in [5.41, 5.74) is 1.13. The number of thiophene rings is 1. The molecular weight excluding hydrogens is 260 g/mol. The topological polar surface area (TPSA) is 55.2 Å². The lowest BCUT2D eigenvalue weighted by molar-refractivity contribution is 0.448. The van der Waals surface area contributed by atoms with E-state index >= 15 is 0 Å². The number of hydrogen-bond acceptors (Lipinski definition) is 5. The van der Waals surface area contributed by atoms with Gasteiger partial charge >= 0.3 is 0 Å². The van der Waals surface area contributed by atoms with Gasteiger partial charge in [0, 0.05) is 10.9 Å². The van der Waals surface area contributed by atoms with Gasteiger partial charge in [-0.05, 0) is 31.5 Å². The Bertz CT molecular complexity index is 752. The van der Waals surface area contributed by atoms with Gasteiger partial charge in [-0.15, -0.1) is 11.3 Å². The standard InChI is InChI=1S/C14H12N2O2S/c1-8-9(2)19-14-12(8)13(15-7-16-14)18-11-5-3-4-10(17)6-11/h3-7,17H,1-2H3. The number of aromatic nitrogens is 2. The van der Waals surface area contributed by atoms with Gasteiger partial charge in [0.05, 0.1) is 5.39 Å². The molecule has 0 aliphatic carbocycles. The number of phenolic OH excluding ortho intramolecular Hbond substituents is 1. The molecule has 2 heterocycles. The number of phenols is 1. The summed E-state index contributed by atoms with van der Waals surface area (Å²) in [7, 11) is 0. The van der Waals surface area contributed by atoms with Gasteiger partial charge in [0.25, 0.3) is 0 Å². The number of nitrogens with zero attached hydrogens (tertiary/aromatic N) is 2. The average molecular weight is 272 g/mol. The van der Waals surface area contributed by atoms with Crippen LogP contribution in [0.5, 0.6) is 17.4 Å². The van der Waals surface area contributed by atoms with Crippen molar-refractivity contribution in [3.63, 3.8) is 0 Å². The Balaban J connectivity index is 2.10. The number of hydrogen-bond donors (Lipinski definition) is 1. The lowest BCUT2D eigenvalue weighted by Gasteiger charge is -2.06. The van der Waals surface area contributed by atoms with Crippen LogP contribution in [0.4, 0.5) is 0 Å². The van der Waals surface area contributed by atoms with E-state index in [0.717, 1.165) is 15.8 Å². The predicted molar refractivity (Wildman–Crippen MR) is 75.1 cm³/mol. The summed E-state index contributed by atoms with van der Waals surface area (Å²) in [6.45, 7) is 4.09. The average Bonchev–Trinajstić information content (AvgIpc) is 2.66. The Kier molecular flexibility index (Phi) is 2.83. The lowest BCUT2D eigenvalue weighted by atomic mass is 10.2. The molecule has 1 aromatic carbocycles. The minimum absolute atomic E-state index is 0.168. The third-order valence-electron chi connectivity index (χ3n) is 2.96. The van der Waals surface area contributed by atoms with E-state index in [2.05, 4.69) is 16.9 Å². The van der Waals surface area contributed by atoms with Crippen LogP contribution in [0.15, 0.2) is 30.6 Å². The highest BCUT2D eigenvalue weighted by atomic mass is 32.1. The van der Waals surface area contributed by atoms with Crippen LogP contribution in [0.3, 0.4) is 0 Å². The summed E-state index contributed by atoms with van der Waals surface area (Å²) < 4.78 is 5.76. The first-order chi connectivity index (χ1) is 9.15. The van der Waals surface area contributed by atoms with Gasteiger partial charge in [0.15, 0.2) is 0 Å². The molecule has 0 bridgehead atoms. The minimum atomic E-state index is 0.168. The van der Waals surface area contributed by atoms with E-state index in [1.807, 2.05) is 6.92 Å². The number of benzene rings is 1. The van der Waals surface area contributed by atoms with E-state index in [1.165, 1.54) is 11.2 Å². The highest BCUT2D eigenvalue weighted by Crippen LogP contribution is 2.35. The van der Waals surface area contributed by atoms with Crippen LogP contribution in [0.2, 0.25) is 0 Å². The van der Waals surface area contributed by atoms with Crippen LogP contribution in [0.25, 0.3) is 10.2 Å². The van der Waals surface area contributed by atoms with Crippen molar-refractivity contribution < 1.29 is 9.84 Å². The highest BCUT2D eigenvalue weighted by molar-refractivity contribution is 7.18. The van der Waals surface area contributed by atoms with Gasteiger partial charge in [0.2, 0.25) is 5.88 Å². The summed E-state index contributed by atoms with van der Waals surface area (Å²) in [6.07, 6.45) is 1.50. The monoisotopic (exact) mass is 272 g/mol. The number of aryl methyl sites for hydroxylation is 2. The minimum Gasteiger partial charge on any atom is -0.508 e. The molecule has 1 N–H and O–H groups in total. The van der Waals surface area contributed by atoms with E-state index in [9.17, 15) is 5.11 Å². The molecular formula is C14H12N2O2S. The molecule has 0 saturated heterocycles. The quantitative estimate of drug-likeness (QED) is 0.770. The molecule has 0 aliphatic heterocycles. The van der Waals surface area contributed by atoms with Crippen LogP contribution in [0, 0.1) is 13.8 Å². The number of rotatable bonds is 2. The van der Waals surface area contributed by atoms with E-state index in [0.29, 0.717) is 11.6 Å². The molecule has 0 radical (unpaired) electrons. The predicted octanol–water partition coefficient (Wildman–Crippen LogP) is 3.81. The molecule has 0 amide bonds. The molecule has 2 aromatic heterocycles. The van der Waals surface area contributed by atoms with Crippen molar-refractivity contribution in [2.45, 2.75) is 13.8 Å². The molecule has 0 atom stereocenters. The van der Waals surface area contributed by atoms with Gasteiger partial charge in [-0.3, -0.25) is 0 Å². The summed E-state index contributed by atoms with van der Waals surface area (Å²) in [5, 5.41) is 10.4. The molecule has 0 spiro atoms. The Hall–Kier alpha value is -2.14. The zero-order valence-electron chi connectivity index (χ0n) is 10.5. The zero-order valence-corrected chi connectivity index (χ0v) is 11.4. The largest absolute Gasteiger partial charge is 0.508 e. The lowest BCUT2D eigenvalue weighted by Crippen LogP contribution is -1.90. The maximum absolute atomic E-state index is 9.45. The zero-order chi connectivity index (χ0) is 13.4. The van der Waals surface area contributed by atoms with Crippen molar-refractivity contribution in [3.05, 3.63) is 41.0 Å². The Morgan fingerprint density at radius 2 is 2.05 bits per heavy atom. The van der Waals surface area contributed by atoms with E-state index < -0.39 is 0 Å². The van der Waals surface area contributed by atoms with Crippen molar-refractivity contribution in [1.29, 1.82) is 0 Å². The molecule has 0 aliphatic rings. The first kappa shape index (κ1) is 11.9. The van der Waals surface area contributed by atoms with Gasteiger partial charge in [-0.2, -0.15) is 0 Å². The van der Waals surface area contributed by atoms with Crippen molar-refractivity contribution >= 4 is 21.6 Å². The van der Waals surface area contributed by atoms with Crippen LogP contribution in [-0.4, -0.2) is 15.1 Å². The fourth-order valence-corrected chi connectivity index (χ4v) is 2.87. The fraction of sp³-hybridized carbons (Fsp3) is 0.143. The van der Waals surface area contributed by atoms with Crippen LogP contribution in [-0.2, 0) is 0 Å². The second kappa shape index (κ2) is 4.51. The van der Waals surface area contributed by atoms with Gasteiger partial charge in [-0.25, -0.2) is 9.97 Å². The Morgan fingerprint density at radius 1 is 1.21 bits per heavy atom. The number of aromatic hydroxyl groups is 1. The van der Waals surface area contributed by atoms with Crippen LogP contribution in [0.1, 0.15) is 10.4 Å². The van der Waals surface area contributed by atoms with Gasteiger partial charge in [0.1, 0.15) is 22.7 Å². The molecule has 19 heavy (non-hydrogen) atoms. The SMILES string of the molecule is Cc1sc2ncnc(Oc3cccc(O)c3)c2c1C. The van der Waals surface area contributed by atoms with Crippen LogP contribution >= 0.6 is 11.3 Å². The van der Waals surface area contributed by atoms with Crippen molar-refractivity contribution in [1.82, 2.24) is 9.97 Å². The molecule has 4 nitrogen and oxygen atoms in total. The normalized spacial score (nSPS) is 10.8. The second-order valence-electron chi connectivity index (χ2n) is 4.24. The first-order valence-electron chi connectivity index (χ1n) is 5.83. The van der Waals surface area contributed by atoms with Crippen molar-refractivity contribution in [3.8, 4) is 17.4 Å². The second-order valence-corrected chi connectivity index (χ2v) is 5.44. The fourth-order valence-electron chi connectivity index (χ4n) is 1.89. The maximum atomic E-state index is 9.45. The van der Waals surface area contributed by atoms with E-state index in [4.69, 9.17) is 4.74 Å². The molecule has 3 rings (SSSR count). The van der Waals surface area contributed by atoms with Crippen molar-refractivity contribution in [2.24, 2.45) is 0 Å². The highest BCUT2D eigenvalue weighted by Gasteiger charge is 2.13. The molecule has 0 fully saturated rings. The first-order valence-corrected chi connectivity index (χ1v) is 6.64. The van der Waals surface area contributed by atoms with E-state index in [1.54, 1.807) is 35.6 Å². The van der Waals surface area contributed by atoms with Crippen LogP contribution < -0.4 is 4.74 Å². The molecule has 3 aromatic rings. The van der Waals surface area contributed by atoms with E-state index in [-0.39, 0.29) is 5.75 Å². The van der Waals surface area contributed by atoms with Crippen molar-refractivity contribution in [2.75, 3.05) is 0 Å². The summed E-state index contributed by atoms with van der Waals surface area (Å²) >= 11 is 1.63. The third-order valence-corrected chi connectivity index (χ3v) is 4.08. The molecule has 96 valence electrons. The number of ether oxygens (including phenoxy) is 1. The third kappa shape index (κ3) is 2.13. The Morgan fingerprint density at radius 3 is 2.84 bits per heavy atom. The summed E-state index contributed by atoms with van der Waals surface area (Å²) in [5.74, 6) is 1.25. The smallest absolute Gasteiger partial charge is 0.231 e. The van der Waals surface area contributed by atoms with Gasteiger partial charge < -0.3 is 9.84 Å². The summed E-state index contributed by atoms with van der Waals surface area (Å²) in [6, 6.07) is 6.67. The molecule has 0 saturated carbocycles. The Labute approximate surface area is 114 Å². The maximum Gasteiger partial charge on any atom is 0.231 e. The van der Waals surface area contributed by atoms with Gasteiger partial charge in [-0.1, -0.05) is 6.07 Å². The number of fused-ring (bicyclic) bond motifs is 1. The summed E-state index contributed by atoms with van der Waals surface area (Å²) in [4.78, 5) is 10.6. The molecule has 0 unspecified atom stereocenters. The molecule has 5 heteroatoms.